The van der Waals surface area contributed by atoms with E-state index in [0.717, 1.165) is 11.6 Å². The molecule has 1 aliphatic rings. The lowest BCUT2D eigenvalue weighted by Crippen LogP contribution is -2.06. The SMILES string of the molecule is O=S1(=O)CCc2ccc(-c3ccc(-c4ccccc4C(F)(F)F)o3)cc21. The zero-order valence-electron chi connectivity index (χ0n) is 13.4. The van der Waals surface area contributed by atoms with E-state index in [2.05, 4.69) is 0 Å². The molecule has 0 saturated heterocycles. The predicted molar refractivity (Wildman–Crippen MR) is 90.3 cm³/mol. The number of fused-ring (bicyclic) bond motifs is 1. The first-order valence-electron chi connectivity index (χ1n) is 7.88. The maximum absolute atomic E-state index is 13.2. The summed E-state index contributed by atoms with van der Waals surface area (Å²) >= 11 is 0. The van der Waals surface area contributed by atoms with Gasteiger partial charge in [-0.1, -0.05) is 30.3 Å². The van der Waals surface area contributed by atoms with Crippen LogP contribution in [0.4, 0.5) is 13.2 Å². The van der Waals surface area contributed by atoms with Gasteiger partial charge in [0.2, 0.25) is 0 Å². The summed E-state index contributed by atoms with van der Waals surface area (Å²) in [5, 5.41) is 0. The molecule has 3 aromatic rings. The molecule has 0 aliphatic carbocycles. The predicted octanol–water partition coefficient (Wildman–Crippen LogP) is 4.96. The highest BCUT2D eigenvalue weighted by Gasteiger charge is 2.34. The fraction of sp³-hybridized carbons (Fsp3) is 0.158. The molecule has 0 radical (unpaired) electrons. The maximum atomic E-state index is 13.2. The number of rotatable bonds is 2. The first-order chi connectivity index (χ1) is 12.3. The molecule has 134 valence electrons. The average Bonchev–Trinajstić information content (AvgIpc) is 3.19. The zero-order chi connectivity index (χ0) is 18.5. The van der Waals surface area contributed by atoms with Crippen molar-refractivity contribution in [3.63, 3.8) is 0 Å². The van der Waals surface area contributed by atoms with Gasteiger partial charge in [-0.05, 0) is 36.2 Å². The molecular weight excluding hydrogens is 365 g/mol. The average molecular weight is 378 g/mol. The summed E-state index contributed by atoms with van der Waals surface area (Å²) in [7, 11) is -3.30. The van der Waals surface area contributed by atoms with Crippen molar-refractivity contribution >= 4 is 9.84 Å². The highest BCUT2D eigenvalue weighted by molar-refractivity contribution is 7.91. The largest absolute Gasteiger partial charge is 0.456 e. The Hall–Kier alpha value is -2.54. The monoisotopic (exact) mass is 378 g/mol. The van der Waals surface area contributed by atoms with Gasteiger partial charge in [0, 0.05) is 11.1 Å². The van der Waals surface area contributed by atoms with Gasteiger partial charge in [0.05, 0.1) is 16.2 Å². The van der Waals surface area contributed by atoms with Gasteiger partial charge in [0.15, 0.2) is 9.84 Å². The molecule has 0 saturated carbocycles. The fourth-order valence-electron chi connectivity index (χ4n) is 3.14. The standard InChI is InChI=1S/C19H13F3O3S/c20-19(21,22)15-4-2-1-3-14(15)17-8-7-16(25-17)13-6-5-12-9-10-26(23,24)18(12)11-13/h1-8,11H,9-10H2. The molecule has 0 unspecified atom stereocenters. The summed E-state index contributed by atoms with van der Waals surface area (Å²) < 4.78 is 69.3. The van der Waals surface area contributed by atoms with E-state index in [1.54, 1.807) is 18.2 Å². The van der Waals surface area contributed by atoms with E-state index in [4.69, 9.17) is 4.42 Å². The molecule has 3 nitrogen and oxygen atoms in total. The summed E-state index contributed by atoms with van der Waals surface area (Å²) in [6.07, 6.45) is -4.02. The van der Waals surface area contributed by atoms with E-state index in [1.807, 2.05) is 0 Å². The Morgan fingerprint density at radius 1 is 0.923 bits per heavy atom. The second kappa shape index (κ2) is 5.74. The van der Waals surface area contributed by atoms with Crippen LogP contribution in [0.25, 0.3) is 22.6 Å². The van der Waals surface area contributed by atoms with Gasteiger partial charge < -0.3 is 4.42 Å². The zero-order valence-corrected chi connectivity index (χ0v) is 14.2. The summed E-state index contributed by atoms with van der Waals surface area (Å²) in [6, 6.07) is 13.1. The summed E-state index contributed by atoms with van der Waals surface area (Å²) in [5.74, 6) is 0.479. The number of furan rings is 1. The Balaban J connectivity index is 1.78. The quantitative estimate of drug-likeness (QED) is 0.633. The van der Waals surface area contributed by atoms with Crippen LogP contribution in [0.5, 0.6) is 0 Å². The van der Waals surface area contributed by atoms with Crippen LogP contribution in [0.1, 0.15) is 11.1 Å². The third-order valence-electron chi connectivity index (χ3n) is 4.43. The number of hydrogen-bond acceptors (Lipinski definition) is 3. The normalized spacial score (nSPS) is 15.8. The van der Waals surface area contributed by atoms with Gasteiger partial charge in [0.1, 0.15) is 11.5 Å². The van der Waals surface area contributed by atoms with Gasteiger partial charge in [-0.2, -0.15) is 13.2 Å². The lowest BCUT2D eigenvalue weighted by Gasteiger charge is -2.10. The molecule has 1 aliphatic heterocycles. The molecule has 0 spiro atoms. The Labute approximate surface area is 148 Å². The van der Waals surface area contributed by atoms with Crippen LogP contribution in [0.2, 0.25) is 0 Å². The van der Waals surface area contributed by atoms with Crippen LogP contribution < -0.4 is 0 Å². The minimum Gasteiger partial charge on any atom is -0.456 e. The summed E-state index contributed by atoms with van der Waals surface area (Å²) in [6.45, 7) is 0. The van der Waals surface area contributed by atoms with Crippen molar-refractivity contribution < 1.29 is 26.0 Å². The molecule has 7 heteroatoms. The molecule has 4 rings (SSSR count). The van der Waals surface area contributed by atoms with Gasteiger partial charge in [-0.3, -0.25) is 0 Å². The van der Waals surface area contributed by atoms with Crippen LogP contribution in [0.3, 0.4) is 0 Å². The highest BCUT2D eigenvalue weighted by Crippen LogP contribution is 2.39. The second-order valence-electron chi connectivity index (χ2n) is 6.10. The number of alkyl halides is 3. The van der Waals surface area contributed by atoms with E-state index in [9.17, 15) is 21.6 Å². The molecule has 1 aromatic heterocycles. The van der Waals surface area contributed by atoms with Crippen molar-refractivity contribution in [1.82, 2.24) is 0 Å². The van der Waals surface area contributed by atoms with E-state index in [1.165, 1.54) is 30.3 Å². The van der Waals surface area contributed by atoms with Gasteiger partial charge >= 0.3 is 6.18 Å². The molecule has 2 heterocycles. The third kappa shape index (κ3) is 2.82. The number of hydrogen-bond donors (Lipinski definition) is 0. The van der Waals surface area contributed by atoms with Gasteiger partial charge in [-0.25, -0.2) is 8.42 Å². The van der Waals surface area contributed by atoms with E-state index >= 15 is 0 Å². The van der Waals surface area contributed by atoms with Crippen LogP contribution in [-0.2, 0) is 22.4 Å². The van der Waals surface area contributed by atoms with Crippen molar-refractivity contribution in [3.05, 3.63) is 65.7 Å². The van der Waals surface area contributed by atoms with Crippen molar-refractivity contribution in [1.29, 1.82) is 0 Å². The Kier molecular flexibility index (Phi) is 3.73. The topological polar surface area (TPSA) is 47.3 Å². The molecule has 0 atom stereocenters. The van der Waals surface area contributed by atoms with Crippen molar-refractivity contribution in [3.8, 4) is 22.6 Å². The molecule has 26 heavy (non-hydrogen) atoms. The summed E-state index contributed by atoms with van der Waals surface area (Å²) in [4.78, 5) is 0.267. The number of aryl methyl sites for hydroxylation is 1. The number of halogens is 3. The highest BCUT2D eigenvalue weighted by atomic mass is 32.2. The van der Waals surface area contributed by atoms with Crippen LogP contribution in [0.15, 0.2) is 63.9 Å². The fourth-order valence-corrected chi connectivity index (χ4v) is 4.73. The molecule has 0 fully saturated rings. The lowest BCUT2D eigenvalue weighted by atomic mass is 10.1. The van der Waals surface area contributed by atoms with Gasteiger partial charge in [0.25, 0.3) is 0 Å². The molecule has 0 amide bonds. The second-order valence-corrected chi connectivity index (χ2v) is 8.18. The Bertz CT molecular complexity index is 1100. The first-order valence-corrected chi connectivity index (χ1v) is 9.53. The van der Waals surface area contributed by atoms with Crippen LogP contribution in [-0.4, -0.2) is 14.2 Å². The summed E-state index contributed by atoms with van der Waals surface area (Å²) in [5.41, 5.74) is 0.436. The molecular formula is C19H13F3O3S. The Morgan fingerprint density at radius 2 is 1.65 bits per heavy atom. The van der Waals surface area contributed by atoms with E-state index in [0.29, 0.717) is 17.7 Å². The molecule has 2 aromatic carbocycles. The molecule has 0 bridgehead atoms. The van der Waals surface area contributed by atoms with Crippen LogP contribution >= 0.6 is 0 Å². The number of benzene rings is 2. The first kappa shape index (κ1) is 16.9. The van der Waals surface area contributed by atoms with E-state index < -0.39 is 21.6 Å². The van der Waals surface area contributed by atoms with Gasteiger partial charge in [-0.15, -0.1) is 0 Å². The van der Waals surface area contributed by atoms with Crippen molar-refractivity contribution in [2.75, 3.05) is 5.75 Å². The van der Waals surface area contributed by atoms with Crippen molar-refractivity contribution in [2.24, 2.45) is 0 Å². The third-order valence-corrected chi connectivity index (χ3v) is 6.22. The smallest absolute Gasteiger partial charge is 0.417 e. The minimum absolute atomic E-state index is 0.0555. The van der Waals surface area contributed by atoms with Crippen LogP contribution in [0, 0.1) is 0 Å². The minimum atomic E-state index is -4.49. The lowest BCUT2D eigenvalue weighted by molar-refractivity contribution is -0.137. The Morgan fingerprint density at radius 3 is 2.42 bits per heavy atom. The maximum Gasteiger partial charge on any atom is 0.417 e. The van der Waals surface area contributed by atoms with Crippen molar-refractivity contribution in [2.45, 2.75) is 17.5 Å². The number of sulfone groups is 1. The van der Waals surface area contributed by atoms with E-state index in [-0.39, 0.29) is 22.0 Å². The molecule has 0 N–H and O–H groups in total.